The predicted molar refractivity (Wildman–Crippen MR) is 200 cm³/mol. The maximum atomic E-state index is 6.60. The summed E-state index contributed by atoms with van der Waals surface area (Å²) in [6.45, 7) is 22.5. The number of nitrogens with zero attached hydrogens (tertiary/aromatic N) is 1. The van der Waals surface area contributed by atoms with E-state index in [1.165, 1.54) is 30.0 Å². The second kappa shape index (κ2) is 15.2. The maximum absolute atomic E-state index is 6.60. The van der Waals surface area contributed by atoms with Gasteiger partial charge in [0.15, 0.2) is 0 Å². The van der Waals surface area contributed by atoms with Crippen LogP contribution in [0.1, 0.15) is 65.2 Å². The molecule has 2 bridgehead atoms. The number of hydrogen-bond acceptors (Lipinski definition) is 5. The molecule has 46 heavy (non-hydrogen) atoms. The first-order chi connectivity index (χ1) is 21.8. The number of rotatable bonds is 13. The first-order valence-corrected chi connectivity index (χ1v) is 29.7. The Morgan fingerprint density at radius 2 is 0.935 bits per heavy atom. The summed E-state index contributed by atoms with van der Waals surface area (Å²) in [7, 11) is -0.378. The van der Waals surface area contributed by atoms with Crippen LogP contribution < -0.4 is 0 Å². The topological polar surface area (TPSA) is 30.9 Å². The molecule has 1 atom stereocenters. The molecule has 3 fully saturated rings. The van der Waals surface area contributed by atoms with Crippen LogP contribution in [-0.4, -0.2) is 75.4 Å². The summed E-state index contributed by atoms with van der Waals surface area (Å²) in [6, 6.07) is 34.7. The van der Waals surface area contributed by atoms with E-state index in [4.69, 9.17) is 13.3 Å². The van der Waals surface area contributed by atoms with E-state index >= 15 is 0 Å². The van der Waals surface area contributed by atoms with Gasteiger partial charge in [-0.15, -0.1) is 0 Å². The average molecular weight is 767 g/mol. The van der Waals surface area contributed by atoms with Gasteiger partial charge in [0, 0.05) is 0 Å². The van der Waals surface area contributed by atoms with Crippen LogP contribution in [0.2, 0.25) is 19.4 Å². The Kier molecular flexibility index (Phi) is 11.9. The van der Waals surface area contributed by atoms with Gasteiger partial charge >= 0.3 is 289 Å². The fraction of sp³-hybridized carbons (Fsp3) is 0.538. The molecule has 7 heteroatoms. The van der Waals surface area contributed by atoms with E-state index in [2.05, 4.69) is 153 Å². The molecule has 3 aliphatic rings. The van der Waals surface area contributed by atoms with E-state index in [0.717, 1.165) is 25.7 Å². The van der Waals surface area contributed by atoms with Crippen molar-refractivity contribution < 1.29 is 13.3 Å². The van der Waals surface area contributed by atoms with Gasteiger partial charge in [-0.1, -0.05) is 0 Å². The van der Waals surface area contributed by atoms with Crippen molar-refractivity contribution in [2.24, 2.45) is 0 Å². The van der Waals surface area contributed by atoms with Crippen molar-refractivity contribution in [3.05, 3.63) is 108 Å². The molecule has 3 aromatic carbocycles. The SMILES string of the molecule is CC(C[Si]12OCCN(CCO1)CCO2)[S][Sn]([CH2]C(C)(C)c1ccccc1)([CH2]C(C)(C)c1ccccc1)[CH2]C(C)(C)c1ccccc1. The summed E-state index contributed by atoms with van der Waals surface area (Å²) >= 11 is -3.30. The third-order valence-electron chi connectivity index (χ3n) is 10.1. The minimum absolute atomic E-state index is 0.0622. The zero-order valence-electron chi connectivity index (χ0n) is 29.4. The fourth-order valence-electron chi connectivity index (χ4n) is 8.15. The van der Waals surface area contributed by atoms with Gasteiger partial charge in [0.25, 0.3) is 0 Å². The molecule has 3 aromatic rings. The Labute approximate surface area is 287 Å². The quantitative estimate of drug-likeness (QED) is 0.162. The molecule has 6 rings (SSSR count). The first kappa shape index (κ1) is 36.2. The Morgan fingerprint density at radius 3 is 1.26 bits per heavy atom. The van der Waals surface area contributed by atoms with E-state index in [1.54, 1.807) is 0 Å². The molecule has 3 heterocycles. The van der Waals surface area contributed by atoms with E-state index in [9.17, 15) is 0 Å². The van der Waals surface area contributed by atoms with Crippen LogP contribution in [0.3, 0.4) is 0 Å². The van der Waals surface area contributed by atoms with E-state index in [1.807, 2.05) is 0 Å². The van der Waals surface area contributed by atoms with Gasteiger partial charge in [-0.05, 0) is 0 Å². The van der Waals surface area contributed by atoms with Gasteiger partial charge in [-0.3, -0.25) is 0 Å². The zero-order valence-corrected chi connectivity index (χ0v) is 34.1. The second-order valence-corrected chi connectivity index (χ2v) is 37.0. The molecular weight excluding hydrogens is 709 g/mol. The molecule has 0 aliphatic carbocycles. The summed E-state index contributed by atoms with van der Waals surface area (Å²) in [5.74, 6) is 0. The van der Waals surface area contributed by atoms with E-state index < -0.39 is 25.8 Å². The van der Waals surface area contributed by atoms with Gasteiger partial charge in [-0.2, -0.15) is 0 Å². The molecule has 4 nitrogen and oxygen atoms in total. The van der Waals surface area contributed by atoms with Crippen molar-refractivity contribution in [3.8, 4) is 0 Å². The van der Waals surface area contributed by atoms with Crippen molar-refractivity contribution in [1.29, 1.82) is 0 Å². The van der Waals surface area contributed by atoms with Gasteiger partial charge in [-0.25, -0.2) is 0 Å². The van der Waals surface area contributed by atoms with Gasteiger partial charge < -0.3 is 0 Å². The van der Waals surface area contributed by atoms with Crippen LogP contribution in [0.5, 0.6) is 0 Å². The molecule has 0 spiro atoms. The second-order valence-electron chi connectivity index (χ2n) is 15.7. The summed E-state index contributed by atoms with van der Waals surface area (Å²) in [5.41, 5.74) is 4.54. The average Bonchev–Trinajstić information content (AvgIpc) is 2.98. The molecule has 0 aromatic heterocycles. The summed E-state index contributed by atoms with van der Waals surface area (Å²) < 4.78 is 23.6. The normalized spacial score (nSPS) is 22.1. The summed E-state index contributed by atoms with van der Waals surface area (Å²) in [4.78, 5) is 2.40. The summed E-state index contributed by atoms with van der Waals surface area (Å²) in [5, 5.41) is 0.391. The van der Waals surface area contributed by atoms with Crippen molar-refractivity contribution in [2.45, 2.75) is 89.3 Å². The van der Waals surface area contributed by atoms with Gasteiger partial charge in [0.1, 0.15) is 0 Å². The van der Waals surface area contributed by atoms with Crippen LogP contribution in [0.25, 0.3) is 0 Å². The molecule has 250 valence electrons. The zero-order chi connectivity index (χ0) is 32.9. The Morgan fingerprint density at radius 1 is 0.609 bits per heavy atom. The number of hydrogen-bond donors (Lipinski definition) is 0. The molecule has 3 aliphatic heterocycles. The predicted octanol–water partition coefficient (Wildman–Crippen LogP) is 9.30. The Bertz CT molecular complexity index is 1220. The first-order valence-electron chi connectivity index (χ1n) is 17.3. The van der Waals surface area contributed by atoms with Crippen molar-refractivity contribution in [3.63, 3.8) is 0 Å². The van der Waals surface area contributed by atoms with Crippen LogP contribution >= 0.6 is 8.95 Å². The third kappa shape index (κ3) is 9.30. The molecule has 0 N–H and O–H groups in total. The third-order valence-corrected chi connectivity index (χ3v) is 38.3. The van der Waals surface area contributed by atoms with Crippen LogP contribution in [0, 0.1) is 0 Å². The fourth-order valence-corrected chi connectivity index (χ4v) is 48.2. The molecule has 1 unspecified atom stereocenters. The van der Waals surface area contributed by atoms with Gasteiger partial charge in [0.05, 0.1) is 0 Å². The molecule has 0 radical (unpaired) electrons. The number of benzene rings is 3. The Hall–Kier alpha value is -1.13. The number of fused-ring (bicyclic) bond motifs is 6. The van der Waals surface area contributed by atoms with E-state index in [0.29, 0.717) is 25.1 Å². The molecule has 3 saturated heterocycles. The van der Waals surface area contributed by atoms with Crippen LogP contribution in [-0.2, 0) is 29.5 Å². The molecule has 0 amide bonds. The molecule has 0 saturated carbocycles. The monoisotopic (exact) mass is 767 g/mol. The van der Waals surface area contributed by atoms with Crippen LogP contribution in [0.15, 0.2) is 91.0 Å². The summed E-state index contributed by atoms with van der Waals surface area (Å²) in [6.07, 6.45) is 0. The standard InChI is InChI=1S/3C10H13.C9H19NO3SSi.Sn/c3*1-10(2,3)9-7-5-4-6-8-9;1-9(14)8-15-11-5-2-10(3-6-12-15)4-7-13-15;/h3*4-8H,1H2,2-3H3;9,14H,2-8H2,1H3;/q;;;;+1/p-1. The van der Waals surface area contributed by atoms with Crippen molar-refractivity contribution >= 4 is 34.7 Å². The minimum atomic E-state index is -3.30. The molecular formula is C39H57NO3SSiSn. The van der Waals surface area contributed by atoms with Crippen molar-refractivity contribution in [1.82, 2.24) is 4.90 Å². The van der Waals surface area contributed by atoms with Crippen molar-refractivity contribution in [2.75, 3.05) is 39.5 Å². The van der Waals surface area contributed by atoms with Gasteiger partial charge in [0.2, 0.25) is 0 Å². The van der Waals surface area contributed by atoms with Crippen LogP contribution in [0.4, 0.5) is 0 Å². The van der Waals surface area contributed by atoms with E-state index in [-0.39, 0.29) is 16.2 Å². The Balaban J connectivity index is 1.56.